The molecule has 66 valence electrons. The maximum Gasteiger partial charge on any atom is 0.260 e. The fourth-order valence-electron chi connectivity index (χ4n) is 1.21. The first-order valence-electron chi connectivity index (χ1n) is 3.74. The molecule has 0 aromatic heterocycles. The average molecular weight is 165 g/mol. The van der Waals surface area contributed by atoms with Crippen molar-refractivity contribution < 1.29 is 13.5 Å². The first kappa shape index (κ1) is 8.87. The summed E-state index contributed by atoms with van der Waals surface area (Å²) in [6.45, 7) is 0.317. The van der Waals surface area contributed by atoms with Gasteiger partial charge in [-0.05, 0) is 6.42 Å². The average Bonchev–Trinajstić information content (AvgIpc) is 1.94. The van der Waals surface area contributed by atoms with Crippen molar-refractivity contribution in [3.05, 3.63) is 0 Å². The van der Waals surface area contributed by atoms with Gasteiger partial charge in [-0.25, -0.2) is 8.78 Å². The molecule has 1 heterocycles. The lowest BCUT2D eigenvalue weighted by molar-refractivity contribution is -0.0364. The summed E-state index contributed by atoms with van der Waals surface area (Å²) in [5.74, 6) is -2.51. The second-order valence-corrected chi connectivity index (χ2v) is 2.93. The Morgan fingerprint density at radius 3 is 2.82 bits per heavy atom. The topological polar surface area (TPSA) is 21.3 Å². The highest BCUT2D eigenvalue weighted by atomic mass is 19.3. The summed E-state index contributed by atoms with van der Waals surface area (Å²) in [5.41, 5.74) is 0. The van der Waals surface area contributed by atoms with Gasteiger partial charge in [0.15, 0.2) is 0 Å². The molecule has 0 bridgehead atoms. The van der Waals surface area contributed by atoms with E-state index in [9.17, 15) is 8.78 Å². The maximum absolute atomic E-state index is 12.5. The summed E-state index contributed by atoms with van der Waals surface area (Å²) in [6, 6.07) is 0.111. The van der Waals surface area contributed by atoms with E-state index >= 15 is 0 Å². The Bertz CT molecular complexity index is 120. The largest absolute Gasteiger partial charge is 0.383 e. The van der Waals surface area contributed by atoms with Crippen LogP contribution in [0.1, 0.15) is 12.8 Å². The first-order valence-corrected chi connectivity index (χ1v) is 3.74. The number of rotatable bonds is 2. The molecule has 0 amide bonds. The number of alkyl halides is 2. The van der Waals surface area contributed by atoms with Crippen molar-refractivity contribution >= 4 is 0 Å². The second-order valence-electron chi connectivity index (χ2n) is 2.93. The van der Waals surface area contributed by atoms with E-state index in [2.05, 4.69) is 5.32 Å². The van der Waals surface area contributed by atoms with Gasteiger partial charge in [0.1, 0.15) is 0 Å². The number of hydrogen-bond donors (Lipinski definition) is 1. The van der Waals surface area contributed by atoms with Gasteiger partial charge in [-0.2, -0.15) is 0 Å². The summed E-state index contributed by atoms with van der Waals surface area (Å²) < 4.78 is 29.9. The Morgan fingerprint density at radius 2 is 2.36 bits per heavy atom. The lowest BCUT2D eigenvalue weighted by atomic mass is 10.0. The van der Waals surface area contributed by atoms with E-state index in [1.807, 2.05) is 0 Å². The minimum Gasteiger partial charge on any atom is -0.383 e. The molecule has 2 nitrogen and oxygen atoms in total. The number of ether oxygens (including phenoxy) is 1. The predicted molar refractivity (Wildman–Crippen MR) is 37.8 cm³/mol. The van der Waals surface area contributed by atoms with Gasteiger partial charge in [-0.1, -0.05) is 0 Å². The smallest absolute Gasteiger partial charge is 0.260 e. The van der Waals surface area contributed by atoms with Gasteiger partial charge in [-0.3, -0.25) is 0 Å². The Kier molecular flexibility index (Phi) is 2.78. The molecule has 1 aliphatic rings. The molecular weight excluding hydrogens is 152 g/mol. The summed E-state index contributed by atoms with van der Waals surface area (Å²) >= 11 is 0. The van der Waals surface area contributed by atoms with Gasteiger partial charge in [0, 0.05) is 19.6 Å². The zero-order valence-electron chi connectivity index (χ0n) is 6.57. The molecular formula is C7H13F2NO. The van der Waals surface area contributed by atoms with Gasteiger partial charge in [0.05, 0.1) is 13.2 Å². The van der Waals surface area contributed by atoms with Crippen LogP contribution < -0.4 is 5.32 Å². The van der Waals surface area contributed by atoms with Crippen molar-refractivity contribution in [1.82, 2.24) is 5.32 Å². The SMILES string of the molecule is COCC1CCC(F)(F)CN1. The molecule has 0 aromatic rings. The lowest BCUT2D eigenvalue weighted by Gasteiger charge is -2.28. The molecule has 1 aliphatic heterocycles. The molecule has 0 aromatic carbocycles. The van der Waals surface area contributed by atoms with Gasteiger partial charge in [0.25, 0.3) is 5.92 Å². The number of methoxy groups -OCH3 is 1. The Hall–Kier alpha value is -0.220. The monoisotopic (exact) mass is 165 g/mol. The van der Waals surface area contributed by atoms with E-state index < -0.39 is 5.92 Å². The highest BCUT2D eigenvalue weighted by Gasteiger charge is 2.34. The van der Waals surface area contributed by atoms with Crippen LogP contribution in [0, 0.1) is 0 Å². The zero-order chi connectivity index (χ0) is 8.32. The van der Waals surface area contributed by atoms with Gasteiger partial charge in [-0.15, -0.1) is 0 Å². The molecule has 0 radical (unpaired) electrons. The van der Waals surface area contributed by atoms with E-state index in [0.717, 1.165) is 0 Å². The van der Waals surface area contributed by atoms with E-state index in [4.69, 9.17) is 4.74 Å². The van der Waals surface area contributed by atoms with Crippen LogP contribution in [0.2, 0.25) is 0 Å². The molecule has 1 unspecified atom stereocenters. The van der Waals surface area contributed by atoms with Gasteiger partial charge < -0.3 is 10.1 Å². The zero-order valence-corrected chi connectivity index (χ0v) is 6.57. The quantitative estimate of drug-likeness (QED) is 0.659. The van der Waals surface area contributed by atoms with Gasteiger partial charge >= 0.3 is 0 Å². The van der Waals surface area contributed by atoms with Crippen LogP contribution in [0.25, 0.3) is 0 Å². The summed E-state index contributed by atoms with van der Waals surface area (Å²) in [5, 5.41) is 2.74. The van der Waals surface area contributed by atoms with E-state index in [0.29, 0.717) is 13.0 Å². The molecule has 1 saturated heterocycles. The van der Waals surface area contributed by atoms with Crippen LogP contribution in [0.5, 0.6) is 0 Å². The molecule has 1 N–H and O–H groups in total. The summed E-state index contributed by atoms with van der Waals surface area (Å²) in [6.07, 6.45) is 0.481. The Balaban J connectivity index is 2.25. The van der Waals surface area contributed by atoms with Crippen LogP contribution in [0.4, 0.5) is 8.78 Å². The summed E-state index contributed by atoms with van der Waals surface area (Å²) in [4.78, 5) is 0. The van der Waals surface area contributed by atoms with Crippen molar-refractivity contribution in [1.29, 1.82) is 0 Å². The third-order valence-corrected chi connectivity index (χ3v) is 1.88. The maximum atomic E-state index is 12.5. The van der Waals surface area contributed by atoms with Gasteiger partial charge in [0.2, 0.25) is 0 Å². The fraction of sp³-hybridized carbons (Fsp3) is 1.00. The molecule has 0 aliphatic carbocycles. The Labute approximate surface area is 64.9 Å². The van der Waals surface area contributed by atoms with Crippen LogP contribution in [-0.4, -0.2) is 32.2 Å². The lowest BCUT2D eigenvalue weighted by Crippen LogP contribution is -2.47. The molecule has 1 fully saturated rings. The molecule has 1 atom stereocenters. The van der Waals surface area contributed by atoms with Crippen LogP contribution in [0.3, 0.4) is 0 Å². The van der Waals surface area contributed by atoms with Crippen LogP contribution in [0.15, 0.2) is 0 Å². The molecule has 4 heteroatoms. The number of nitrogens with one attached hydrogen (secondary N) is 1. The molecule has 0 spiro atoms. The number of piperidine rings is 1. The third kappa shape index (κ3) is 2.71. The first-order chi connectivity index (χ1) is 5.14. The number of halogens is 2. The van der Waals surface area contributed by atoms with Crippen LogP contribution in [-0.2, 0) is 4.74 Å². The van der Waals surface area contributed by atoms with Crippen LogP contribution >= 0.6 is 0 Å². The van der Waals surface area contributed by atoms with Crippen molar-refractivity contribution in [3.63, 3.8) is 0 Å². The van der Waals surface area contributed by atoms with Crippen molar-refractivity contribution in [2.75, 3.05) is 20.3 Å². The highest BCUT2D eigenvalue weighted by Crippen LogP contribution is 2.24. The highest BCUT2D eigenvalue weighted by molar-refractivity contribution is 4.82. The third-order valence-electron chi connectivity index (χ3n) is 1.88. The van der Waals surface area contributed by atoms with Crippen molar-refractivity contribution in [3.8, 4) is 0 Å². The minimum atomic E-state index is -2.51. The fourth-order valence-corrected chi connectivity index (χ4v) is 1.21. The number of hydrogen-bond acceptors (Lipinski definition) is 2. The van der Waals surface area contributed by atoms with E-state index in [1.165, 1.54) is 0 Å². The molecule has 0 saturated carbocycles. The second kappa shape index (κ2) is 3.45. The summed E-state index contributed by atoms with van der Waals surface area (Å²) in [7, 11) is 1.58. The van der Waals surface area contributed by atoms with Crippen molar-refractivity contribution in [2.45, 2.75) is 24.8 Å². The Morgan fingerprint density at radius 1 is 1.64 bits per heavy atom. The predicted octanol–water partition coefficient (Wildman–Crippen LogP) is 1.02. The minimum absolute atomic E-state index is 0.0198. The van der Waals surface area contributed by atoms with E-state index in [1.54, 1.807) is 7.11 Å². The standard InChI is InChI=1S/C7H13F2NO/c1-11-4-6-2-3-7(8,9)5-10-6/h6,10H,2-5H2,1H3. The van der Waals surface area contributed by atoms with E-state index in [-0.39, 0.29) is 19.0 Å². The van der Waals surface area contributed by atoms with Crippen molar-refractivity contribution in [2.24, 2.45) is 0 Å². The molecule has 11 heavy (non-hydrogen) atoms. The molecule has 1 rings (SSSR count). The normalized spacial score (nSPS) is 30.3.